The van der Waals surface area contributed by atoms with E-state index in [0.717, 1.165) is 24.3 Å². The Morgan fingerprint density at radius 3 is 2.28 bits per heavy atom. The maximum Gasteiger partial charge on any atom is 0.0246 e. The zero-order chi connectivity index (χ0) is 13.0. The van der Waals surface area contributed by atoms with Gasteiger partial charge in [-0.1, -0.05) is 26.7 Å². The Bertz CT molecular complexity index is 233. The maximum absolute atomic E-state index is 6.11. The summed E-state index contributed by atoms with van der Waals surface area (Å²) in [5, 5.41) is 0. The number of hydrogen-bond acceptors (Lipinski definition) is 2. The molecule has 0 aromatic carbocycles. The molecule has 2 rings (SSSR count). The first kappa shape index (κ1) is 14.3. The van der Waals surface area contributed by atoms with Gasteiger partial charge in [-0.3, -0.25) is 4.90 Å². The SMILES string of the molecule is CC1CCC(C(CN)N2CCCC(C)CC2)CC1. The standard InChI is InChI=1S/C16H32N2/c1-13-4-3-10-18(11-9-13)16(12-17)15-7-5-14(2)6-8-15/h13-16H,3-12,17H2,1-2H3. The summed E-state index contributed by atoms with van der Waals surface area (Å²) in [5.41, 5.74) is 6.11. The summed E-state index contributed by atoms with van der Waals surface area (Å²) in [6.45, 7) is 8.26. The molecule has 1 aliphatic carbocycles. The van der Waals surface area contributed by atoms with Crippen molar-refractivity contribution in [2.24, 2.45) is 23.5 Å². The van der Waals surface area contributed by atoms with Gasteiger partial charge < -0.3 is 5.73 Å². The van der Waals surface area contributed by atoms with Crippen molar-refractivity contribution in [3.05, 3.63) is 0 Å². The minimum atomic E-state index is 0.669. The van der Waals surface area contributed by atoms with Gasteiger partial charge in [0.15, 0.2) is 0 Å². The van der Waals surface area contributed by atoms with Crippen LogP contribution in [0, 0.1) is 17.8 Å². The van der Waals surface area contributed by atoms with Gasteiger partial charge in [-0.25, -0.2) is 0 Å². The van der Waals surface area contributed by atoms with Crippen LogP contribution in [0.4, 0.5) is 0 Å². The Labute approximate surface area is 113 Å². The monoisotopic (exact) mass is 252 g/mol. The zero-order valence-electron chi connectivity index (χ0n) is 12.4. The molecular formula is C16H32N2. The van der Waals surface area contributed by atoms with Crippen molar-refractivity contribution in [2.75, 3.05) is 19.6 Å². The minimum Gasteiger partial charge on any atom is -0.329 e. The first-order chi connectivity index (χ1) is 8.70. The molecule has 1 aliphatic heterocycles. The van der Waals surface area contributed by atoms with Gasteiger partial charge in [-0.05, 0) is 62.9 Å². The lowest BCUT2D eigenvalue weighted by Gasteiger charge is -2.39. The fraction of sp³-hybridized carbons (Fsp3) is 1.00. The molecule has 0 radical (unpaired) electrons. The van der Waals surface area contributed by atoms with Gasteiger partial charge in [-0.15, -0.1) is 0 Å². The van der Waals surface area contributed by atoms with Crippen LogP contribution in [0.2, 0.25) is 0 Å². The van der Waals surface area contributed by atoms with Crippen LogP contribution < -0.4 is 5.73 Å². The summed E-state index contributed by atoms with van der Waals surface area (Å²) < 4.78 is 0. The van der Waals surface area contributed by atoms with Gasteiger partial charge in [0.2, 0.25) is 0 Å². The van der Waals surface area contributed by atoms with Crippen LogP contribution in [0.5, 0.6) is 0 Å². The predicted molar refractivity (Wildman–Crippen MR) is 78.6 cm³/mol. The van der Waals surface area contributed by atoms with E-state index < -0.39 is 0 Å². The Hall–Kier alpha value is -0.0800. The molecule has 2 N–H and O–H groups in total. The van der Waals surface area contributed by atoms with Crippen molar-refractivity contribution >= 4 is 0 Å². The van der Waals surface area contributed by atoms with Crippen LogP contribution >= 0.6 is 0 Å². The first-order valence-electron chi connectivity index (χ1n) is 8.14. The average Bonchev–Trinajstić information content (AvgIpc) is 2.58. The lowest BCUT2D eigenvalue weighted by molar-refractivity contribution is 0.114. The molecule has 0 amide bonds. The maximum atomic E-state index is 6.11. The molecule has 2 unspecified atom stereocenters. The number of nitrogens with two attached hydrogens (primary N) is 1. The van der Waals surface area contributed by atoms with Crippen molar-refractivity contribution in [3.8, 4) is 0 Å². The lowest BCUT2D eigenvalue weighted by atomic mass is 9.78. The van der Waals surface area contributed by atoms with E-state index >= 15 is 0 Å². The third-order valence-corrected chi connectivity index (χ3v) is 5.37. The Balaban J connectivity index is 1.90. The van der Waals surface area contributed by atoms with E-state index in [4.69, 9.17) is 5.73 Å². The fourth-order valence-electron chi connectivity index (χ4n) is 3.93. The number of nitrogens with zero attached hydrogens (tertiary/aromatic N) is 1. The topological polar surface area (TPSA) is 29.3 Å². The normalized spacial score (nSPS) is 37.2. The molecule has 0 aromatic rings. The van der Waals surface area contributed by atoms with Crippen LogP contribution in [0.15, 0.2) is 0 Å². The average molecular weight is 252 g/mol. The highest BCUT2D eigenvalue weighted by Gasteiger charge is 2.30. The fourth-order valence-corrected chi connectivity index (χ4v) is 3.93. The molecule has 2 fully saturated rings. The van der Waals surface area contributed by atoms with E-state index in [1.807, 2.05) is 0 Å². The van der Waals surface area contributed by atoms with Gasteiger partial charge >= 0.3 is 0 Å². The molecule has 1 heterocycles. The van der Waals surface area contributed by atoms with Crippen molar-refractivity contribution in [3.63, 3.8) is 0 Å². The van der Waals surface area contributed by atoms with Crippen molar-refractivity contribution in [1.82, 2.24) is 4.90 Å². The molecule has 0 spiro atoms. The highest BCUT2D eigenvalue weighted by Crippen LogP contribution is 2.33. The highest BCUT2D eigenvalue weighted by molar-refractivity contribution is 4.85. The summed E-state index contributed by atoms with van der Waals surface area (Å²) in [4.78, 5) is 2.73. The molecular weight excluding hydrogens is 220 g/mol. The summed E-state index contributed by atoms with van der Waals surface area (Å²) in [7, 11) is 0. The van der Waals surface area contributed by atoms with Crippen molar-refractivity contribution < 1.29 is 0 Å². The first-order valence-corrected chi connectivity index (χ1v) is 8.14. The summed E-state index contributed by atoms with van der Waals surface area (Å²) in [6.07, 6.45) is 9.83. The smallest absolute Gasteiger partial charge is 0.0246 e. The Kier molecular flexibility index (Phi) is 5.50. The van der Waals surface area contributed by atoms with Gasteiger partial charge in [0.05, 0.1) is 0 Å². The summed E-state index contributed by atoms with van der Waals surface area (Å²) in [6, 6.07) is 0.669. The number of likely N-dealkylation sites (tertiary alicyclic amines) is 1. The molecule has 1 saturated carbocycles. The zero-order valence-corrected chi connectivity index (χ0v) is 12.4. The van der Waals surface area contributed by atoms with Crippen molar-refractivity contribution in [1.29, 1.82) is 0 Å². The molecule has 106 valence electrons. The second-order valence-electron chi connectivity index (χ2n) is 6.90. The van der Waals surface area contributed by atoms with Crippen LogP contribution in [0.1, 0.15) is 58.8 Å². The van der Waals surface area contributed by atoms with Crippen LogP contribution in [0.25, 0.3) is 0 Å². The molecule has 1 saturated heterocycles. The summed E-state index contributed by atoms with van der Waals surface area (Å²) >= 11 is 0. The molecule has 18 heavy (non-hydrogen) atoms. The molecule has 0 bridgehead atoms. The number of rotatable bonds is 3. The Morgan fingerprint density at radius 2 is 1.61 bits per heavy atom. The van der Waals surface area contributed by atoms with E-state index in [1.54, 1.807) is 0 Å². The van der Waals surface area contributed by atoms with E-state index in [1.165, 1.54) is 58.0 Å². The highest BCUT2D eigenvalue weighted by atomic mass is 15.2. The van der Waals surface area contributed by atoms with E-state index in [0.29, 0.717) is 6.04 Å². The van der Waals surface area contributed by atoms with E-state index in [-0.39, 0.29) is 0 Å². The molecule has 0 aromatic heterocycles. The Morgan fingerprint density at radius 1 is 0.944 bits per heavy atom. The lowest BCUT2D eigenvalue weighted by Crippen LogP contribution is -2.47. The second kappa shape index (κ2) is 6.91. The molecule has 2 aliphatic rings. The third kappa shape index (κ3) is 3.71. The van der Waals surface area contributed by atoms with Gasteiger partial charge in [0.1, 0.15) is 0 Å². The van der Waals surface area contributed by atoms with Crippen LogP contribution in [-0.4, -0.2) is 30.6 Å². The quantitative estimate of drug-likeness (QED) is 0.835. The molecule has 2 nitrogen and oxygen atoms in total. The van der Waals surface area contributed by atoms with Gasteiger partial charge in [0.25, 0.3) is 0 Å². The summed E-state index contributed by atoms with van der Waals surface area (Å²) in [5.74, 6) is 2.74. The van der Waals surface area contributed by atoms with Crippen LogP contribution in [-0.2, 0) is 0 Å². The van der Waals surface area contributed by atoms with E-state index in [9.17, 15) is 0 Å². The second-order valence-corrected chi connectivity index (χ2v) is 6.90. The largest absolute Gasteiger partial charge is 0.329 e. The van der Waals surface area contributed by atoms with Crippen LogP contribution in [0.3, 0.4) is 0 Å². The van der Waals surface area contributed by atoms with Gasteiger partial charge in [0, 0.05) is 12.6 Å². The van der Waals surface area contributed by atoms with Gasteiger partial charge in [-0.2, -0.15) is 0 Å². The minimum absolute atomic E-state index is 0.669. The number of hydrogen-bond donors (Lipinski definition) is 1. The predicted octanol–water partition coefficient (Wildman–Crippen LogP) is 3.26. The van der Waals surface area contributed by atoms with Crippen molar-refractivity contribution in [2.45, 2.75) is 64.8 Å². The van der Waals surface area contributed by atoms with E-state index in [2.05, 4.69) is 18.7 Å². The third-order valence-electron chi connectivity index (χ3n) is 5.37. The molecule has 2 atom stereocenters. The molecule has 2 heteroatoms.